The Labute approximate surface area is 110 Å². The first kappa shape index (κ1) is 15.0. The van der Waals surface area contributed by atoms with Crippen LogP contribution in [0.25, 0.3) is 0 Å². The van der Waals surface area contributed by atoms with Crippen LogP contribution in [0.4, 0.5) is 10.6 Å². The number of anilines is 1. The van der Waals surface area contributed by atoms with E-state index < -0.39 is 24.1 Å². The highest BCUT2D eigenvalue weighted by molar-refractivity contribution is 5.93. The lowest BCUT2D eigenvalue weighted by atomic mass is 10.0. The van der Waals surface area contributed by atoms with E-state index in [4.69, 9.17) is 5.11 Å². The summed E-state index contributed by atoms with van der Waals surface area (Å²) in [6, 6.07) is 0.691. The molecule has 1 aromatic rings. The Balaban J connectivity index is 2.60. The van der Waals surface area contributed by atoms with Crippen molar-refractivity contribution in [3.63, 3.8) is 0 Å². The van der Waals surface area contributed by atoms with Gasteiger partial charge in [-0.25, -0.2) is 4.79 Å². The Bertz CT molecular complexity index is 407. The minimum Gasteiger partial charge on any atom is -0.465 e. The fourth-order valence-electron chi connectivity index (χ4n) is 1.61. The molecule has 0 saturated heterocycles. The topological polar surface area (TPSA) is 127 Å². The van der Waals surface area contributed by atoms with Crippen LogP contribution in [0, 0.1) is 0 Å². The van der Waals surface area contributed by atoms with Crippen LogP contribution in [0.5, 0.6) is 0 Å². The van der Waals surface area contributed by atoms with E-state index in [1.807, 2.05) is 6.92 Å². The first-order valence-corrected chi connectivity index (χ1v) is 6.02. The molecular formula is C11H18N4O4. The van der Waals surface area contributed by atoms with Gasteiger partial charge in [0.05, 0.1) is 12.2 Å². The average molecular weight is 270 g/mol. The molecule has 0 aromatic carbocycles. The smallest absolute Gasteiger partial charge is 0.404 e. The van der Waals surface area contributed by atoms with Gasteiger partial charge in [-0.3, -0.25) is 9.89 Å². The molecule has 2 atom stereocenters. The number of hydrogen-bond acceptors (Lipinski definition) is 4. The average Bonchev–Trinajstić information content (AvgIpc) is 2.85. The Morgan fingerprint density at radius 2 is 2.26 bits per heavy atom. The number of rotatable bonds is 7. The van der Waals surface area contributed by atoms with Gasteiger partial charge in [-0.15, -0.1) is 0 Å². The highest BCUT2D eigenvalue weighted by atomic mass is 16.4. The van der Waals surface area contributed by atoms with Gasteiger partial charge in [0.2, 0.25) is 0 Å². The molecule has 106 valence electrons. The van der Waals surface area contributed by atoms with Crippen molar-refractivity contribution in [2.75, 3.05) is 5.32 Å². The summed E-state index contributed by atoms with van der Waals surface area (Å²) in [7, 11) is 0. The van der Waals surface area contributed by atoms with E-state index >= 15 is 0 Å². The first-order valence-electron chi connectivity index (χ1n) is 6.02. The van der Waals surface area contributed by atoms with Crippen molar-refractivity contribution >= 4 is 17.8 Å². The summed E-state index contributed by atoms with van der Waals surface area (Å²) < 4.78 is 0. The number of aliphatic hydroxyl groups excluding tert-OH is 1. The molecule has 1 unspecified atom stereocenters. The second kappa shape index (κ2) is 7.37. The molecule has 5 N–H and O–H groups in total. The van der Waals surface area contributed by atoms with E-state index in [-0.39, 0.29) is 0 Å². The molecule has 19 heavy (non-hydrogen) atoms. The predicted molar refractivity (Wildman–Crippen MR) is 67.7 cm³/mol. The van der Waals surface area contributed by atoms with Crippen molar-refractivity contribution in [1.29, 1.82) is 0 Å². The number of nitrogens with one attached hydrogen (secondary N) is 3. The number of nitrogens with zero attached hydrogens (tertiary/aromatic N) is 1. The number of amides is 2. The Hall–Kier alpha value is -2.09. The summed E-state index contributed by atoms with van der Waals surface area (Å²) in [5.41, 5.74) is 0. The monoisotopic (exact) mass is 270 g/mol. The molecular weight excluding hydrogens is 252 g/mol. The van der Waals surface area contributed by atoms with Crippen molar-refractivity contribution in [2.45, 2.75) is 38.3 Å². The van der Waals surface area contributed by atoms with Crippen LogP contribution in [-0.4, -0.2) is 44.6 Å². The lowest BCUT2D eigenvalue weighted by Gasteiger charge is -2.21. The molecule has 8 heteroatoms. The maximum Gasteiger partial charge on any atom is 0.404 e. The van der Waals surface area contributed by atoms with Crippen LogP contribution in [0.1, 0.15) is 26.2 Å². The minimum atomic E-state index is -1.45. The zero-order chi connectivity index (χ0) is 14.3. The van der Waals surface area contributed by atoms with Crippen molar-refractivity contribution in [3.05, 3.63) is 12.3 Å². The van der Waals surface area contributed by atoms with Crippen LogP contribution in [0.15, 0.2) is 12.3 Å². The quantitative estimate of drug-likeness (QED) is 0.494. The third kappa shape index (κ3) is 4.96. The molecule has 0 aliphatic heterocycles. The minimum absolute atomic E-state index is 0.341. The highest BCUT2D eigenvalue weighted by Gasteiger charge is 2.27. The summed E-state index contributed by atoms with van der Waals surface area (Å²) in [5.74, 6) is -0.340. The number of carbonyl (C=O) groups is 2. The van der Waals surface area contributed by atoms with Crippen LogP contribution in [0.2, 0.25) is 0 Å². The number of carboxylic acid groups (broad SMARTS) is 1. The highest BCUT2D eigenvalue weighted by Crippen LogP contribution is 2.08. The fourth-order valence-corrected chi connectivity index (χ4v) is 1.61. The Morgan fingerprint density at radius 1 is 1.53 bits per heavy atom. The maximum atomic E-state index is 11.8. The van der Waals surface area contributed by atoms with E-state index in [9.17, 15) is 14.7 Å². The zero-order valence-corrected chi connectivity index (χ0v) is 10.6. The zero-order valence-electron chi connectivity index (χ0n) is 10.6. The molecule has 1 aromatic heterocycles. The van der Waals surface area contributed by atoms with Gasteiger partial charge in [-0.2, -0.15) is 5.10 Å². The van der Waals surface area contributed by atoms with Crippen LogP contribution < -0.4 is 10.6 Å². The van der Waals surface area contributed by atoms with Gasteiger partial charge in [0.15, 0.2) is 6.10 Å². The van der Waals surface area contributed by atoms with Crippen molar-refractivity contribution < 1.29 is 19.8 Å². The third-order valence-electron chi connectivity index (χ3n) is 2.59. The first-order chi connectivity index (χ1) is 9.04. The van der Waals surface area contributed by atoms with Gasteiger partial charge in [0.25, 0.3) is 5.91 Å². The van der Waals surface area contributed by atoms with E-state index in [0.717, 1.165) is 6.42 Å². The molecule has 1 rings (SSSR count). The number of unbranched alkanes of at least 4 members (excludes halogenated alkanes) is 1. The van der Waals surface area contributed by atoms with Gasteiger partial charge in [-0.05, 0) is 6.42 Å². The van der Waals surface area contributed by atoms with Crippen molar-refractivity contribution in [3.8, 4) is 0 Å². The summed E-state index contributed by atoms with van der Waals surface area (Å²) in [4.78, 5) is 22.4. The van der Waals surface area contributed by atoms with Gasteiger partial charge in [0, 0.05) is 6.07 Å². The lowest BCUT2D eigenvalue weighted by Crippen LogP contribution is -2.48. The second-order valence-electron chi connectivity index (χ2n) is 4.10. The number of aromatic nitrogens is 2. The molecule has 2 amide bonds. The van der Waals surface area contributed by atoms with Crippen LogP contribution in [0.3, 0.4) is 0 Å². The Kier molecular flexibility index (Phi) is 5.80. The number of carbonyl (C=O) groups excluding carboxylic acids is 1. The lowest BCUT2D eigenvalue weighted by molar-refractivity contribution is -0.125. The standard InChI is InChI=1S/C11H18N4O4/c1-2-3-4-7(13-11(18)19)9(16)10(17)14-8-5-6-12-15-8/h5-7,9,13,16H,2-4H2,1H3,(H,18,19)(H2,12,14,15,17)/t7?,9-/m0/s1. The van der Waals surface area contributed by atoms with Gasteiger partial charge < -0.3 is 20.8 Å². The molecule has 0 fully saturated rings. The summed E-state index contributed by atoms with van der Waals surface area (Å²) >= 11 is 0. The summed E-state index contributed by atoms with van der Waals surface area (Å²) in [6.45, 7) is 1.94. The molecule has 8 nitrogen and oxygen atoms in total. The Morgan fingerprint density at radius 3 is 2.79 bits per heavy atom. The van der Waals surface area contributed by atoms with E-state index in [1.54, 1.807) is 0 Å². The van der Waals surface area contributed by atoms with Gasteiger partial charge in [-0.1, -0.05) is 19.8 Å². The van der Waals surface area contributed by atoms with Crippen LogP contribution >= 0.6 is 0 Å². The van der Waals surface area contributed by atoms with Crippen LogP contribution in [-0.2, 0) is 4.79 Å². The molecule has 0 spiro atoms. The normalized spacial score (nSPS) is 13.6. The number of aromatic amines is 1. The van der Waals surface area contributed by atoms with E-state index in [1.165, 1.54) is 12.3 Å². The maximum absolute atomic E-state index is 11.8. The van der Waals surface area contributed by atoms with E-state index in [2.05, 4.69) is 20.8 Å². The SMILES string of the molecule is CCCCC(NC(=O)O)[C@H](O)C(=O)Nc1ccn[nH]1. The van der Waals surface area contributed by atoms with E-state index in [0.29, 0.717) is 18.7 Å². The largest absolute Gasteiger partial charge is 0.465 e. The molecule has 0 radical (unpaired) electrons. The fraction of sp³-hybridized carbons (Fsp3) is 0.545. The predicted octanol–water partition coefficient (Wildman–Crippen LogP) is 0.535. The molecule has 1 heterocycles. The molecule has 0 aliphatic carbocycles. The number of hydrogen-bond donors (Lipinski definition) is 5. The summed E-state index contributed by atoms with van der Waals surface area (Å²) in [6.07, 6.45) is 0.666. The van der Waals surface area contributed by atoms with Crippen molar-refractivity contribution in [2.24, 2.45) is 0 Å². The molecule has 0 bridgehead atoms. The van der Waals surface area contributed by atoms with Gasteiger partial charge >= 0.3 is 6.09 Å². The second-order valence-corrected chi connectivity index (χ2v) is 4.10. The number of H-pyrrole nitrogens is 1. The molecule has 0 saturated carbocycles. The molecule has 0 aliphatic rings. The van der Waals surface area contributed by atoms with Gasteiger partial charge in [0.1, 0.15) is 5.82 Å². The van der Waals surface area contributed by atoms with Crippen molar-refractivity contribution in [1.82, 2.24) is 15.5 Å². The third-order valence-corrected chi connectivity index (χ3v) is 2.59. The number of aliphatic hydroxyl groups is 1. The summed E-state index contributed by atoms with van der Waals surface area (Å²) in [5, 5.41) is 29.3.